The van der Waals surface area contributed by atoms with Crippen molar-refractivity contribution in [2.75, 3.05) is 5.73 Å². The number of carbonyl (C=O) groups is 1. The van der Waals surface area contributed by atoms with Crippen LogP contribution in [0.15, 0.2) is 42.5 Å². The van der Waals surface area contributed by atoms with Crippen molar-refractivity contribution in [2.45, 2.75) is 12.8 Å². The lowest BCUT2D eigenvalue weighted by atomic mass is 10.0. The number of anilines is 1. The van der Waals surface area contributed by atoms with E-state index in [0.29, 0.717) is 11.3 Å². The number of nitrogen functional groups attached to an aromatic ring is 1. The number of benzene rings is 2. The third kappa shape index (κ3) is 3.80. The molecule has 0 spiro atoms. The molecule has 0 radical (unpaired) electrons. The van der Waals surface area contributed by atoms with Crippen LogP contribution in [-0.2, 0) is 17.6 Å². The van der Waals surface area contributed by atoms with E-state index >= 15 is 0 Å². The van der Waals surface area contributed by atoms with Gasteiger partial charge in [0.25, 0.3) is 0 Å². The number of rotatable bonds is 4. The SMILES string of the molecule is Nc1cccc(CC(=O)Cc2ccc(Cl)c(F)c2)c1. The zero-order valence-corrected chi connectivity index (χ0v) is 11.0. The molecule has 0 fully saturated rings. The molecule has 4 heteroatoms. The molecule has 0 saturated carbocycles. The fourth-order valence-corrected chi connectivity index (χ4v) is 1.99. The molecule has 2 nitrogen and oxygen atoms in total. The minimum absolute atomic E-state index is 0.00678. The van der Waals surface area contributed by atoms with Gasteiger partial charge < -0.3 is 5.73 Å². The first kappa shape index (κ1) is 13.6. The van der Waals surface area contributed by atoms with Gasteiger partial charge >= 0.3 is 0 Å². The molecular weight excluding hydrogens is 265 g/mol. The van der Waals surface area contributed by atoms with E-state index in [1.54, 1.807) is 24.3 Å². The molecule has 2 N–H and O–H groups in total. The van der Waals surface area contributed by atoms with Crippen LogP contribution in [0.1, 0.15) is 11.1 Å². The summed E-state index contributed by atoms with van der Waals surface area (Å²) >= 11 is 5.59. The molecular formula is C15H13ClFNO. The summed E-state index contributed by atoms with van der Waals surface area (Å²) in [6.07, 6.45) is 0.470. The van der Waals surface area contributed by atoms with Crippen molar-refractivity contribution < 1.29 is 9.18 Å². The first-order chi connectivity index (χ1) is 9.04. The Bertz CT molecular complexity index is 613. The number of hydrogen-bond donors (Lipinski definition) is 1. The first-order valence-electron chi connectivity index (χ1n) is 5.84. The smallest absolute Gasteiger partial charge is 0.142 e. The van der Waals surface area contributed by atoms with E-state index < -0.39 is 5.82 Å². The summed E-state index contributed by atoms with van der Waals surface area (Å²) in [6.45, 7) is 0. The molecule has 19 heavy (non-hydrogen) atoms. The molecule has 0 aliphatic heterocycles. The number of nitrogens with two attached hydrogens (primary N) is 1. The average Bonchev–Trinajstić information content (AvgIpc) is 2.34. The molecule has 2 aromatic carbocycles. The monoisotopic (exact) mass is 277 g/mol. The number of halogens is 2. The Morgan fingerprint density at radius 3 is 2.42 bits per heavy atom. The van der Waals surface area contributed by atoms with Crippen molar-refractivity contribution in [3.63, 3.8) is 0 Å². The van der Waals surface area contributed by atoms with Gasteiger partial charge in [0, 0.05) is 18.5 Å². The van der Waals surface area contributed by atoms with Crippen molar-refractivity contribution in [3.05, 3.63) is 64.4 Å². The summed E-state index contributed by atoms with van der Waals surface area (Å²) in [4.78, 5) is 11.9. The maximum atomic E-state index is 13.2. The first-order valence-corrected chi connectivity index (χ1v) is 6.22. The third-order valence-electron chi connectivity index (χ3n) is 2.74. The molecule has 0 aromatic heterocycles. The van der Waals surface area contributed by atoms with Crippen LogP contribution in [0.3, 0.4) is 0 Å². The van der Waals surface area contributed by atoms with E-state index in [1.165, 1.54) is 12.1 Å². The maximum absolute atomic E-state index is 13.2. The molecule has 98 valence electrons. The number of hydrogen-bond acceptors (Lipinski definition) is 2. The fourth-order valence-electron chi connectivity index (χ4n) is 1.87. The molecule has 0 aliphatic rings. The Labute approximate surface area is 116 Å². The van der Waals surface area contributed by atoms with Gasteiger partial charge in [-0.15, -0.1) is 0 Å². The lowest BCUT2D eigenvalue weighted by molar-refractivity contribution is -0.117. The fraction of sp³-hybridized carbons (Fsp3) is 0.133. The Morgan fingerprint density at radius 2 is 1.79 bits per heavy atom. The normalized spacial score (nSPS) is 10.4. The van der Waals surface area contributed by atoms with Gasteiger partial charge in [-0.2, -0.15) is 0 Å². The van der Waals surface area contributed by atoms with Gasteiger partial charge in [-0.3, -0.25) is 4.79 Å². The van der Waals surface area contributed by atoms with E-state index in [1.807, 2.05) is 6.07 Å². The van der Waals surface area contributed by atoms with Crippen molar-refractivity contribution >= 4 is 23.1 Å². The van der Waals surface area contributed by atoms with E-state index in [0.717, 1.165) is 5.56 Å². The maximum Gasteiger partial charge on any atom is 0.142 e. The minimum atomic E-state index is -0.504. The van der Waals surface area contributed by atoms with E-state index in [9.17, 15) is 9.18 Å². The summed E-state index contributed by atoms with van der Waals surface area (Å²) in [7, 11) is 0. The Morgan fingerprint density at radius 1 is 1.11 bits per heavy atom. The summed E-state index contributed by atoms with van der Waals surface area (Å²) in [5.74, 6) is -0.497. The van der Waals surface area contributed by atoms with Gasteiger partial charge in [0.15, 0.2) is 0 Å². The van der Waals surface area contributed by atoms with Crippen molar-refractivity contribution in [1.82, 2.24) is 0 Å². The number of carbonyl (C=O) groups excluding carboxylic acids is 1. The predicted molar refractivity (Wildman–Crippen MR) is 74.7 cm³/mol. The second kappa shape index (κ2) is 5.85. The largest absolute Gasteiger partial charge is 0.399 e. The minimum Gasteiger partial charge on any atom is -0.399 e. The van der Waals surface area contributed by atoms with Crippen LogP contribution in [-0.4, -0.2) is 5.78 Å². The Balaban J connectivity index is 2.03. The second-order valence-corrected chi connectivity index (χ2v) is 4.79. The zero-order valence-electron chi connectivity index (χ0n) is 10.2. The molecule has 0 heterocycles. The predicted octanol–water partition coefficient (Wildman–Crippen LogP) is 3.42. The highest BCUT2D eigenvalue weighted by Crippen LogP contribution is 2.16. The van der Waals surface area contributed by atoms with Crippen LogP contribution in [0.5, 0.6) is 0 Å². The van der Waals surface area contributed by atoms with Crippen LogP contribution in [0.4, 0.5) is 10.1 Å². The van der Waals surface area contributed by atoms with Gasteiger partial charge in [0.1, 0.15) is 11.6 Å². The summed E-state index contributed by atoms with van der Waals surface area (Å²) in [6, 6.07) is 11.6. The van der Waals surface area contributed by atoms with Crippen LogP contribution in [0, 0.1) is 5.82 Å². The highest BCUT2D eigenvalue weighted by molar-refractivity contribution is 6.30. The van der Waals surface area contributed by atoms with E-state index in [2.05, 4.69) is 0 Å². The van der Waals surface area contributed by atoms with Crippen LogP contribution in [0.2, 0.25) is 5.02 Å². The molecule has 2 aromatic rings. The standard InChI is InChI=1S/C15H13ClFNO/c16-14-5-4-11(9-15(14)17)8-13(19)7-10-2-1-3-12(18)6-10/h1-6,9H,7-8,18H2. The number of Topliss-reactive ketones (excluding diaryl/α,β-unsaturated/α-hetero) is 1. The van der Waals surface area contributed by atoms with Crippen LogP contribution >= 0.6 is 11.6 Å². The summed E-state index contributed by atoms with van der Waals surface area (Å²) < 4.78 is 13.2. The third-order valence-corrected chi connectivity index (χ3v) is 3.04. The average molecular weight is 278 g/mol. The van der Waals surface area contributed by atoms with Gasteiger partial charge in [-0.1, -0.05) is 29.8 Å². The van der Waals surface area contributed by atoms with Crippen molar-refractivity contribution in [3.8, 4) is 0 Å². The lowest BCUT2D eigenvalue weighted by Crippen LogP contribution is -2.07. The van der Waals surface area contributed by atoms with Gasteiger partial charge in [0.2, 0.25) is 0 Å². The summed E-state index contributed by atoms with van der Waals surface area (Å²) in [5.41, 5.74) is 7.76. The van der Waals surface area contributed by atoms with E-state index in [4.69, 9.17) is 17.3 Å². The lowest BCUT2D eigenvalue weighted by Gasteiger charge is -2.04. The number of ketones is 1. The van der Waals surface area contributed by atoms with Gasteiger partial charge in [0.05, 0.1) is 5.02 Å². The van der Waals surface area contributed by atoms with Crippen molar-refractivity contribution in [1.29, 1.82) is 0 Å². The Kier molecular flexibility index (Phi) is 4.17. The van der Waals surface area contributed by atoms with E-state index in [-0.39, 0.29) is 23.6 Å². The van der Waals surface area contributed by atoms with Gasteiger partial charge in [-0.25, -0.2) is 4.39 Å². The summed E-state index contributed by atoms with van der Waals surface area (Å²) in [5, 5.41) is 0.0621. The highest BCUT2D eigenvalue weighted by atomic mass is 35.5. The Hall–Kier alpha value is -1.87. The van der Waals surface area contributed by atoms with Crippen LogP contribution in [0.25, 0.3) is 0 Å². The highest BCUT2D eigenvalue weighted by Gasteiger charge is 2.08. The molecule has 0 aliphatic carbocycles. The van der Waals surface area contributed by atoms with Crippen molar-refractivity contribution in [2.24, 2.45) is 0 Å². The zero-order chi connectivity index (χ0) is 13.8. The molecule has 0 bridgehead atoms. The molecule has 0 unspecified atom stereocenters. The molecule has 0 amide bonds. The molecule has 0 saturated heterocycles. The second-order valence-electron chi connectivity index (χ2n) is 4.39. The molecule has 2 rings (SSSR count). The quantitative estimate of drug-likeness (QED) is 0.870. The van der Waals surface area contributed by atoms with Crippen LogP contribution < -0.4 is 5.73 Å². The topological polar surface area (TPSA) is 43.1 Å². The molecule has 0 atom stereocenters. The van der Waals surface area contributed by atoms with Gasteiger partial charge in [-0.05, 0) is 35.4 Å².